The molecular formula is C24H32N4O3. The summed E-state index contributed by atoms with van der Waals surface area (Å²) >= 11 is 0. The molecule has 7 heteroatoms. The minimum atomic E-state index is -0.167. The van der Waals surface area contributed by atoms with Gasteiger partial charge in [0.2, 0.25) is 0 Å². The molecule has 0 radical (unpaired) electrons. The van der Waals surface area contributed by atoms with Crippen molar-refractivity contribution in [3.05, 3.63) is 30.3 Å². The zero-order valence-electron chi connectivity index (χ0n) is 18.3. The Hall–Kier alpha value is -2.57. The fourth-order valence-corrected chi connectivity index (χ4v) is 5.62. The average Bonchev–Trinajstić information content (AvgIpc) is 3.28. The third kappa shape index (κ3) is 4.02. The number of likely N-dealkylation sites (tertiary alicyclic amines) is 1. The number of rotatable bonds is 4. The molecule has 1 N–H and O–H groups in total. The molecule has 2 aromatic heterocycles. The lowest BCUT2D eigenvalue weighted by Gasteiger charge is -2.39. The van der Waals surface area contributed by atoms with Crippen LogP contribution in [0.1, 0.15) is 61.9 Å². The fraction of sp³-hybridized carbons (Fsp3) is 0.625. The van der Waals surface area contributed by atoms with E-state index in [1.54, 1.807) is 18.5 Å². The molecule has 3 aliphatic rings. The molecule has 3 amide bonds. The molecule has 1 spiro atoms. The summed E-state index contributed by atoms with van der Waals surface area (Å²) in [6.45, 7) is 2.33. The second-order valence-electron chi connectivity index (χ2n) is 9.67. The van der Waals surface area contributed by atoms with Gasteiger partial charge in [-0.05, 0) is 55.6 Å². The Morgan fingerprint density at radius 3 is 2.77 bits per heavy atom. The summed E-state index contributed by atoms with van der Waals surface area (Å²) in [5, 5.41) is 3.93. The molecule has 1 unspecified atom stereocenters. The summed E-state index contributed by atoms with van der Waals surface area (Å²) in [6.07, 6.45) is 12.6. The first-order valence-electron chi connectivity index (χ1n) is 11.7. The van der Waals surface area contributed by atoms with Crippen molar-refractivity contribution in [3.8, 4) is 0 Å². The van der Waals surface area contributed by atoms with Gasteiger partial charge in [0, 0.05) is 44.3 Å². The first-order valence-corrected chi connectivity index (χ1v) is 11.7. The molecule has 0 aromatic carbocycles. The summed E-state index contributed by atoms with van der Waals surface area (Å²) in [4.78, 5) is 33.5. The van der Waals surface area contributed by atoms with Gasteiger partial charge in [-0.3, -0.25) is 9.78 Å². The molecule has 5 rings (SSSR count). The number of aromatic nitrogens is 1. The van der Waals surface area contributed by atoms with Crippen molar-refractivity contribution < 1.29 is 14.0 Å². The first kappa shape index (κ1) is 20.3. The minimum absolute atomic E-state index is 0.167. The largest absolute Gasteiger partial charge is 0.449 e. The van der Waals surface area contributed by atoms with Gasteiger partial charge in [0.05, 0.1) is 6.20 Å². The number of piperidine rings is 1. The highest BCUT2D eigenvalue weighted by molar-refractivity contribution is 5.95. The predicted octanol–water partition coefficient (Wildman–Crippen LogP) is 4.04. The molecule has 2 aromatic rings. The molecular weight excluding hydrogens is 392 g/mol. The molecule has 2 aliphatic carbocycles. The van der Waals surface area contributed by atoms with Crippen molar-refractivity contribution in [2.75, 3.05) is 26.7 Å². The van der Waals surface area contributed by atoms with E-state index in [0.29, 0.717) is 35.3 Å². The SMILES string of the molecule is CN(C(=O)N1CCC2(CC1)CC2CNC(=O)c1cc2ccncc2o1)C1CCCCC1. The monoisotopic (exact) mass is 424 g/mol. The third-order valence-corrected chi connectivity index (χ3v) is 7.87. The molecule has 2 saturated carbocycles. The normalized spacial score (nSPS) is 23.1. The van der Waals surface area contributed by atoms with E-state index in [1.807, 2.05) is 22.9 Å². The van der Waals surface area contributed by atoms with Gasteiger partial charge in [-0.25, -0.2) is 4.79 Å². The smallest absolute Gasteiger partial charge is 0.319 e. The van der Waals surface area contributed by atoms with Crippen LogP contribution in [0.3, 0.4) is 0 Å². The summed E-state index contributed by atoms with van der Waals surface area (Å²) < 4.78 is 5.61. The number of hydrogen-bond acceptors (Lipinski definition) is 4. The second kappa shape index (κ2) is 8.17. The molecule has 3 fully saturated rings. The van der Waals surface area contributed by atoms with Crippen molar-refractivity contribution in [1.29, 1.82) is 0 Å². The van der Waals surface area contributed by atoms with E-state index in [-0.39, 0.29) is 11.9 Å². The van der Waals surface area contributed by atoms with Gasteiger partial charge in [-0.2, -0.15) is 0 Å². The van der Waals surface area contributed by atoms with E-state index in [9.17, 15) is 9.59 Å². The second-order valence-corrected chi connectivity index (χ2v) is 9.67. The van der Waals surface area contributed by atoms with Crippen LogP contribution in [0.2, 0.25) is 0 Å². The molecule has 1 aliphatic heterocycles. The first-order chi connectivity index (χ1) is 15.1. The van der Waals surface area contributed by atoms with Crippen LogP contribution in [0.25, 0.3) is 11.0 Å². The number of nitrogens with zero attached hydrogens (tertiary/aromatic N) is 3. The Balaban J connectivity index is 1.09. The number of nitrogens with one attached hydrogen (secondary N) is 1. The van der Waals surface area contributed by atoms with Gasteiger partial charge in [-0.15, -0.1) is 0 Å². The summed E-state index contributed by atoms with van der Waals surface area (Å²) in [7, 11) is 1.98. The quantitative estimate of drug-likeness (QED) is 0.803. The Labute approximate surface area is 183 Å². The van der Waals surface area contributed by atoms with E-state index in [4.69, 9.17) is 4.42 Å². The van der Waals surface area contributed by atoms with Gasteiger partial charge in [0.25, 0.3) is 5.91 Å². The van der Waals surface area contributed by atoms with Crippen LogP contribution in [0.4, 0.5) is 4.79 Å². The molecule has 7 nitrogen and oxygen atoms in total. The molecule has 1 atom stereocenters. The summed E-state index contributed by atoms with van der Waals surface area (Å²) in [6, 6.07) is 4.22. The van der Waals surface area contributed by atoms with Crippen LogP contribution < -0.4 is 5.32 Å². The number of furan rings is 1. The number of pyridine rings is 1. The maximum Gasteiger partial charge on any atom is 0.319 e. The number of fused-ring (bicyclic) bond motifs is 1. The Morgan fingerprint density at radius 2 is 2.03 bits per heavy atom. The number of carbonyl (C=O) groups excluding carboxylic acids is 2. The van der Waals surface area contributed by atoms with Crippen LogP contribution >= 0.6 is 0 Å². The molecule has 166 valence electrons. The lowest BCUT2D eigenvalue weighted by Crippen LogP contribution is -2.49. The number of carbonyl (C=O) groups is 2. The van der Waals surface area contributed by atoms with E-state index >= 15 is 0 Å². The van der Waals surface area contributed by atoms with Crippen molar-refractivity contribution in [1.82, 2.24) is 20.1 Å². The van der Waals surface area contributed by atoms with Crippen LogP contribution in [0.5, 0.6) is 0 Å². The highest BCUT2D eigenvalue weighted by Crippen LogP contribution is 2.59. The number of hydrogen-bond donors (Lipinski definition) is 1. The maximum atomic E-state index is 12.9. The highest BCUT2D eigenvalue weighted by Gasteiger charge is 2.55. The van der Waals surface area contributed by atoms with Gasteiger partial charge < -0.3 is 19.5 Å². The summed E-state index contributed by atoms with van der Waals surface area (Å²) in [5.74, 6) is 0.666. The van der Waals surface area contributed by atoms with Crippen LogP contribution in [-0.2, 0) is 0 Å². The van der Waals surface area contributed by atoms with Crippen molar-refractivity contribution in [2.24, 2.45) is 11.3 Å². The average molecular weight is 425 g/mol. The van der Waals surface area contributed by atoms with Gasteiger partial charge in [0.15, 0.2) is 11.3 Å². The highest BCUT2D eigenvalue weighted by atomic mass is 16.3. The van der Waals surface area contributed by atoms with Crippen LogP contribution in [-0.4, -0.2) is 59.4 Å². The van der Waals surface area contributed by atoms with Gasteiger partial charge >= 0.3 is 6.03 Å². The Bertz CT molecular complexity index is 924. The Morgan fingerprint density at radius 1 is 1.26 bits per heavy atom. The van der Waals surface area contributed by atoms with E-state index in [0.717, 1.165) is 50.6 Å². The molecule has 3 heterocycles. The van der Waals surface area contributed by atoms with E-state index in [1.165, 1.54) is 19.3 Å². The van der Waals surface area contributed by atoms with Crippen molar-refractivity contribution in [3.63, 3.8) is 0 Å². The lowest BCUT2D eigenvalue weighted by atomic mass is 9.90. The fourth-order valence-electron chi connectivity index (χ4n) is 5.62. The minimum Gasteiger partial charge on any atom is -0.449 e. The van der Waals surface area contributed by atoms with Gasteiger partial charge in [-0.1, -0.05) is 19.3 Å². The third-order valence-electron chi connectivity index (χ3n) is 7.87. The predicted molar refractivity (Wildman–Crippen MR) is 118 cm³/mol. The molecule has 0 bridgehead atoms. The topological polar surface area (TPSA) is 78.7 Å². The van der Waals surface area contributed by atoms with Crippen LogP contribution in [0.15, 0.2) is 28.9 Å². The number of amides is 3. The zero-order chi connectivity index (χ0) is 21.4. The Kier molecular flexibility index (Phi) is 5.36. The zero-order valence-corrected chi connectivity index (χ0v) is 18.3. The van der Waals surface area contributed by atoms with Gasteiger partial charge in [0.1, 0.15) is 0 Å². The van der Waals surface area contributed by atoms with Crippen molar-refractivity contribution >= 4 is 22.9 Å². The number of urea groups is 1. The standard InChI is InChI=1S/C24H32N4O3/c1-27(19-5-3-2-4-6-19)23(30)28-11-8-24(9-12-28)14-18(24)15-26-22(29)20-13-17-7-10-25-16-21(17)31-20/h7,10,13,16,18-19H,2-6,8-9,11-12,14-15H2,1H3,(H,26,29). The van der Waals surface area contributed by atoms with Crippen molar-refractivity contribution in [2.45, 2.75) is 57.4 Å². The maximum absolute atomic E-state index is 12.9. The summed E-state index contributed by atoms with van der Waals surface area (Å²) in [5.41, 5.74) is 0.927. The lowest BCUT2D eigenvalue weighted by molar-refractivity contribution is 0.0921. The molecule has 1 saturated heterocycles. The van der Waals surface area contributed by atoms with E-state index in [2.05, 4.69) is 10.3 Å². The van der Waals surface area contributed by atoms with E-state index < -0.39 is 0 Å². The molecule has 31 heavy (non-hydrogen) atoms. The van der Waals surface area contributed by atoms with Crippen LogP contribution in [0, 0.1) is 11.3 Å².